The number of nitrogens with two attached hydrogens (primary N) is 1. The number of rotatable bonds is 3. The van der Waals surface area contributed by atoms with E-state index in [1.807, 2.05) is 5.43 Å². The van der Waals surface area contributed by atoms with Gasteiger partial charge in [0.2, 0.25) is 0 Å². The lowest BCUT2D eigenvalue weighted by atomic mass is 10.1. The Morgan fingerprint density at radius 2 is 2.31 bits per heavy atom. The highest BCUT2D eigenvalue weighted by Gasteiger charge is 2.09. The number of hydrogen-bond acceptors (Lipinski definition) is 4. The lowest BCUT2D eigenvalue weighted by molar-refractivity contribution is -0.385. The van der Waals surface area contributed by atoms with Crippen LogP contribution in [0.4, 0.5) is 10.5 Å². The van der Waals surface area contributed by atoms with Gasteiger partial charge < -0.3 is 5.73 Å². The molecule has 7 nitrogen and oxygen atoms in total. The van der Waals surface area contributed by atoms with E-state index in [0.29, 0.717) is 11.1 Å². The zero-order valence-electron chi connectivity index (χ0n) is 8.51. The van der Waals surface area contributed by atoms with Crippen LogP contribution in [0.25, 0.3) is 0 Å². The summed E-state index contributed by atoms with van der Waals surface area (Å²) in [5, 5.41) is 14.1. The molecule has 0 saturated heterocycles. The van der Waals surface area contributed by atoms with Gasteiger partial charge in [0.1, 0.15) is 0 Å². The SMILES string of the molecule is Cc1ccc(/C=N/NC(N)=O)cc1[N+](=O)[O-]. The number of carbonyl (C=O) groups is 1. The number of nitro groups is 1. The van der Waals surface area contributed by atoms with Gasteiger partial charge in [-0.1, -0.05) is 12.1 Å². The van der Waals surface area contributed by atoms with Crippen molar-refractivity contribution in [1.82, 2.24) is 5.43 Å². The molecule has 0 aliphatic heterocycles. The Kier molecular flexibility index (Phi) is 3.54. The quantitative estimate of drug-likeness (QED) is 0.450. The Labute approximate surface area is 91.1 Å². The van der Waals surface area contributed by atoms with Crippen LogP contribution in [0.3, 0.4) is 0 Å². The number of nitro benzene ring substituents is 1. The molecule has 84 valence electrons. The maximum atomic E-state index is 10.6. The maximum absolute atomic E-state index is 10.6. The van der Waals surface area contributed by atoms with E-state index in [0.717, 1.165) is 0 Å². The largest absolute Gasteiger partial charge is 0.350 e. The van der Waals surface area contributed by atoms with E-state index in [9.17, 15) is 14.9 Å². The highest BCUT2D eigenvalue weighted by Crippen LogP contribution is 2.18. The van der Waals surface area contributed by atoms with Crippen molar-refractivity contribution in [3.8, 4) is 0 Å². The van der Waals surface area contributed by atoms with Gasteiger partial charge in [0.05, 0.1) is 11.1 Å². The summed E-state index contributed by atoms with van der Waals surface area (Å²) in [5.41, 5.74) is 7.85. The van der Waals surface area contributed by atoms with E-state index < -0.39 is 11.0 Å². The van der Waals surface area contributed by atoms with E-state index in [1.54, 1.807) is 19.1 Å². The second-order valence-electron chi connectivity index (χ2n) is 3.04. The standard InChI is InChI=1S/C9H10N4O3/c1-6-2-3-7(4-8(6)13(15)16)5-11-12-9(10)14/h2-5H,1H3,(H3,10,12,14)/b11-5+. The molecule has 2 amide bonds. The summed E-state index contributed by atoms with van der Waals surface area (Å²) in [6, 6.07) is 3.82. The lowest BCUT2D eigenvalue weighted by Crippen LogP contribution is -2.24. The van der Waals surface area contributed by atoms with E-state index in [-0.39, 0.29) is 5.69 Å². The second kappa shape index (κ2) is 4.87. The molecule has 0 aliphatic carbocycles. The number of hydrogen-bond donors (Lipinski definition) is 2. The second-order valence-corrected chi connectivity index (χ2v) is 3.04. The summed E-state index contributed by atoms with van der Waals surface area (Å²) < 4.78 is 0. The Morgan fingerprint density at radius 3 is 2.88 bits per heavy atom. The minimum atomic E-state index is -0.794. The van der Waals surface area contributed by atoms with Crippen molar-refractivity contribution < 1.29 is 9.72 Å². The zero-order chi connectivity index (χ0) is 12.1. The number of nitrogens with one attached hydrogen (secondary N) is 1. The molecule has 0 aromatic heterocycles. The molecule has 0 heterocycles. The van der Waals surface area contributed by atoms with Crippen LogP contribution in [0, 0.1) is 17.0 Å². The zero-order valence-corrected chi connectivity index (χ0v) is 8.51. The molecule has 0 radical (unpaired) electrons. The van der Waals surface area contributed by atoms with Crippen LogP contribution in [0.1, 0.15) is 11.1 Å². The van der Waals surface area contributed by atoms with Crippen LogP contribution in [0.5, 0.6) is 0 Å². The van der Waals surface area contributed by atoms with Crippen molar-refractivity contribution in [3.63, 3.8) is 0 Å². The van der Waals surface area contributed by atoms with E-state index >= 15 is 0 Å². The first-order chi connectivity index (χ1) is 7.50. The van der Waals surface area contributed by atoms with Crippen molar-refractivity contribution in [1.29, 1.82) is 0 Å². The summed E-state index contributed by atoms with van der Waals surface area (Å²) in [4.78, 5) is 20.5. The van der Waals surface area contributed by atoms with Gasteiger partial charge >= 0.3 is 6.03 Å². The average molecular weight is 222 g/mol. The van der Waals surface area contributed by atoms with Crippen LogP contribution < -0.4 is 11.2 Å². The molecule has 7 heteroatoms. The fourth-order valence-electron chi connectivity index (χ4n) is 1.07. The summed E-state index contributed by atoms with van der Waals surface area (Å²) in [7, 11) is 0. The van der Waals surface area contributed by atoms with Crippen molar-refractivity contribution in [2.45, 2.75) is 6.92 Å². The molecule has 0 atom stereocenters. The summed E-state index contributed by atoms with van der Waals surface area (Å²) in [5.74, 6) is 0. The Bertz CT molecular complexity index is 456. The molecular formula is C9H10N4O3. The molecular weight excluding hydrogens is 212 g/mol. The molecule has 0 fully saturated rings. The highest BCUT2D eigenvalue weighted by molar-refractivity contribution is 5.82. The van der Waals surface area contributed by atoms with Gasteiger partial charge in [0.25, 0.3) is 5.69 Å². The molecule has 1 aromatic rings. The number of aryl methyl sites for hydroxylation is 1. The van der Waals surface area contributed by atoms with Gasteiger partial charge in [-0.3, -0.25) is 10.1 Å². The highest BCUT2D eigenvalue weighted by atomic mass is 16.6. The number of benzene rings is 1. The number of primary amides is 1. The topological polar surface area (TPSA) is 111 Å². The van der Waals surface area contributed by atoms with Crippen molar-refractivity contribution in [3.05, 3.63) is 39.4 Å². The molecule has 0 spiro atoms. The van der Waals surface area contributed by atoms with Gasteiger partial charge in [-0.05, 0) is 6.92 Å². The van der Waals surface area contributed by atoms with Crippen molar-refractivity contribution >= 4 is 17.9 Å². The molecule has 1 aromatic carbocycles. The van der Waals surface area contributed by atoms with Gasteiger partial charge in [-0.25, -0.2) is 10.2 Å². The van der Waals surface area contributed by atoms with Gasteiger partial charge in [0, 0.05) is 17.2 Å². The Morgan fingerprint density at radius 1 is 1.62 bits per heavy atom. The fourth-order valence-corrected chi connectivity index (χ4v) is 1.07. The average Bonchev–Trinajstić information content (AvgIpc) is 2.19. The predicted octanol–water partition coefficient (Wildman–Crippen LogP) is 0.905. The number of urea groups is 1. The van der Waals surface area contributed by atoms with Gasteiger partial charge in [-0.15, -0.1) is 0 Å². The number of carbonyl (C=O) groups excluding carboxylic acids is 1. The number of nitrogens with zero attached hydrogens (tertiary/aromatic N) is 2. The molecule has 1 rings (SSSR count). The third-order valence-electron chi connectivity index (χ3n) is 1.82. The molecule has 0 saturated carbocycles. The Hall–Kier alpha value is -2.44. The number of hydrazone groups is 1. The predicted molar refractivity (Wildman–Crippen MR) is 58.1 cm³/mol. The summed E-state index contributed by atoms with van der Waals surface area (Å²) in [6.45, 7) is 1.64. The van der Waals surface area contributed by atoms with Crippen LogP contribution in [-0.4, -0.2) is 17.2 Å². The van der Waals surface area contributed by atoms with E-state index in [2.05, 4.69) is 5.10 Å². The summed E-state index contributed by atoms with van der Waals surface area (Å²) >= 11 is 0. The first-order valence-electron chi connectivity index (χ1n) is 4.34. The van der Waals surface area contributed by atoms with Crippen LogP contribution in [0.2, 0.25) is 0 Å². The minimum absolute atomic E-state index is 0.00280. The maximum Gasteiger partial charge on any atom is 0.332 e. The monoisotopic (exact) mass is 222 g/mol. The molecule has 0 aliphatic rings. The fraction of sp³-hybridized carbons (Fsp3) is 0.111. The van der Waals surface area contributed by atoms with E-state index in [1.165, 1.54) is 12.3 Å². The molecule has 0 unspecified atom stereocenters. The first-order valence-corrected chi connectivity index (χ1v) is 4.34. The lowest BCUT2D eigenvalue weighted by Gasteiger charge is -1.98. The smallest absolute Gasteiger partial charge is 0.332 e. The van der Waals surface area contributed by atoms with Crippen molar-refractivity contribution in [2.24, 2.45) is 10.8 Å². The van der Waals surface area contributed by atoms with Crippen LogP contribution in [-0.2, 0) is 0 Å². The first kappa shape index (κ1) is 11.6. The third-order valence-corrected chi connectivity index (χ3v) is 1.82. The molecule has 3 N–H and O–H groups in total. The van der Waals surface area contributed by atoms with Crippen LogP contribution >= 0.6 is 0 Å². The normalized spacial score (nSPS) is 10.3. The minimum Gasteiger partial charge on any atom is -0.350 e. The molecule has 16 heavy (non-hydrogen) atoms. The van der Waals surface area contributed by atoms with Gasteiger partial charge in [0.15, 0.2) is 0 Å². The summed E-state index contributed by atoms with van der Waals surface area (Å²) in [6.07, 6.45) is 1.27. The van der Waals surface area contributed by atoms with E-state index in [4.69, 9.17) is 5.73 Å². The van der Waals surface area contributed by atoms with Crippen molar-refractivity contribution in [2.75, 3.05) is 0 Å². The Balaban J connectivity index is 2.91. The number of amides is 2. The van der Waals surface area contributed by atoms with Gasteiger partial charge in [-0.2, -0.15) is 5.10 Å². The van der Waals surface area contributed by atoms with Crippen LogP contribution in [0.15, 0.2) is 23.3 Å². The molecule has 0 bridgehead atoms. The third kappa shape index (κ3) is 3.05.